The number of fused-ring (bicyclic) bond motifs is 1. The van der Waals surface area contributed by atoms with Crippen molar-refractivity contribution in [2.75, 3.05) is 6.61 Å². The van der Waals surface area contributed by atoms with Crippen LogP contribution >= 0.6 is 0 Å². The van der Waals surface area contributed by atoms with Crippen LogP contribution in [0.2, 0.25) is 0 Å². The zero-order valence-corrected chi connectivity index (χ0v) is 24.9. The summed E-state index contributed by atoms with van der Waals surface area (Å²) in [5.74, 6) is -0.0467. The quantitative estimate of drug-likeness (QED) is 0.152. The van der Waals surface area contributed by atoms with Crippen molar-refractivity contribution in [3.05, 3.63) is 96.2 Å². The molecule has 0 atom stereocenters. The van der Waals surface area contributed by atoms with Crippen molar-refractivity contribution in [3.63, 3.8) is 0 Å². The highest BCUT2D eigenvalue weighted by Crippen LogP contribution is 2.45. The molecule has 1 heterocycles. The van der Waals surface area contributed by atoms with Crippen LogP contribution in [0.4, 0.5) is 13.2 Å². The number of hydrogen-bond acceptors (Lipinski definition) is 4. The van der Waals surface area contributed by atoms with E-state index >= 15 is 0 Å². The van der Waals surface area contributed by atoms with Crippen molar-refractivity contribution in [1.82, 2.24) is 3.97 Å². The van der Waals surface area contributed by atoms with Crippen molar-refractivity contribution in [2.45, 2.75) is 51.1 Å². The molecule has 0 radical (unpaired) electrons. The lowest BCUT2D eigenvalue weighted by Gasteiger charge is -2.24. The summed E-state index contributed by atoms with van der Waals surface area (Å²) in [6, 6.07) is 16.4. The second kappa shape index (κ2) is 11.3. The van der Waals surface area contributed by atoms with Gasteiger partial charge in [-0.25, -0.2) is 12.4 Å². The van der Waals surface area contributed by atoms with Gasteiger partial charge in [0.25, 0.3) is 10.0 Å². The molecule has 0 N–H and O–H groups in total. The first-order chi connectivity index (χ1) is 19.5. The van der Waals surface area contributed by atoms with Crippen LogP contribution in [0, 0.1) is 0 Å². The van der Waals surface area contributed by atoms with Gasteiger partial charge in [0.2, 0.25) is 0 Å². The summed E-state index contributed by atoms with van der Waals surface area (Å²) in [4.78, 5) is 11.2. The van der Waals surface area contributed by atoms with E-state index in [2.05, 4.69) is 6.58 Å². The summed E-state index contributed by atoms with van der Waals surface area (Å²) >= 11 is 0. The van der Waals surface area contributed by atoms with E-state index < -0.39 is 28.2 Å². The second-order valence-electron chi connectivity index (χ2n) is 11.2. The molecule has 9 heteroatoms. The Morgan fingerprint density at radius 3 is 2.21 bits per heavy atom. The van der Waals surface area contributed by atoms with Crippen LogP contribution in [0.25, 0.3) is 33.2 Å². The van der Waals surface area contributed by atoms with Crippen molar-refractivity contribution >= 4 is 38.4 Å². The lowest BCUT2D eigenvalue weighted by atomic mass is 9.82. The predicted molar refractivity (Wildman–Crippen MR) is 161 cm³/mol. The molecule has 5 nitrogen and oxygen atoms in total. The van der Waals surface area contributed by atoms with E-state index in [4.69, 9.17) is 4.74 Å². The first kappa shape index (κ1) is 30.8. The van der Waals surface area contributed by atoms with E-state index in [1.165, 1.54) is 24.4 Å². The van der Waals surface area contributed by atoms with Gasteiger partial charge in [0.05, 0.1) is 10.4 Å². The number of ether oxygens (including phenoxy) is 1. The SMILES string of the molecule is C=C(C)c1cc(C(C)(C)C)cc(-c2cn(S(=O)(=O)c3ccccc3)c3ccc(/C(C)=C/C=O)cc23)c1OCC(F)(F)F. The Bertz CT molecular complexity index is 1810. The lowest BCUT2D eigenvalue weighted by molar-refractivity contribution is -0.153. The molecule has 0 aliphatic heterocycles. The van der Waals surface area contributed by atoms with Gasteiger partial charge >= 0.3 is 6.18 Å². The van der Waals surface area contributed by atoms with Crippen LogP contribution < -0.4 is 4.74 Å². The van der Waals surface area contributed by atoms with Crippen LogP contribution in [0.5, 0.6) is 5.75 Å². The lowest BCUT2D eigenvalue weighted by Crippen LogP contribution is -2.20. The molecule has 4 rings (SSSR count). The number of aldehydes is 1. The van der Waals surface area contributed by atoms with E-state index in [1.807, 2.05) is 20.8 Å². The molecule has 0 aliphatic carbocycles. The van der Waals surface area contributed by atoms with Gasteiger partial charge in [-0.15, -0.1) is 0 Å². The largest absolute Gasteiger partial charge is 0.483 e. The number of benzene rings is 3. The van der Waals surface area contributed by atoms with Crippen LogP contribution in [0.3, 0.4) is 0 Å². The Morgan fingerprint density at radius 1 is 0.976 bits per heavy atom. The summed E-state index contributed by atoms with van der Waals surface area (Å²) in [5.41, 5.74) is 3.52. The van der Waals surface area contributed by atoms with Gasteiger partial charge in [0.1, 0.15) is 12.0 Å². The van der Waals surface area contributed by atoms with Gasteiger partial charge in [0.15, 0.2) is 6.61 Å². The Kier molecular flexibility index (Phi) is 8.29. The molecule has 0 spiro atoms. The topological polar surface area (TPSA) is 65.4 Å². The van der Waals surface area contributed by atoms with Gasteiger partial charge in [-0.05, 0) is 84.0 Å². The third kappa shape index (κ3) is 6.21. The number of halogens is 3. The highest BCUT2D eigenvalue weighted by Gasteiger charge is 2.31. The summed E-state index contributed by atoms with van der Waals surface area (Å²) in [5, 5.41) is 0.459. The monoisotopic (exact) mass is 595 g/mol. The predicted octanol–water partition coefficient (Wildman–Crippen LogP) is 8.42. The van der Waals surface area contributed by atoms with Crippen LogP contribution in [0.1, 0.15) is 51.3 Å². The van der Waals surface area contributed by atoms with Crippen LogP contribution in [0.15, 0.2) is 84.4 Å². The molecular weight excluding hydrogens is 563 g/mol. The Balaban J connectivity index is 2.16. The normalized spacial score (nSPS) is 12.9. The van der Waals surface area contributed by atoms with Gasteiger partial charge in [-0.3, -0.25) is 4.79 Å². The summed E-state index contributed by atoms with van der Waals surface area (Å²) < 4.78 is 74.6. The molecule has 1 aromatic heterocycles. The highest BCUT2D eigenvalue weighted by atomic mass is 32.2. The van der Waals surface area contributed by atoms with Gasteiger partial charge in [-0.1, -0.05) is 51.6 Å². The number of carbonyl (C=O) groups is 1. The van der Waals surface area contributed by atoms with Crippen molar-refractivity contribution < 1.29 is 31.1 Å². The molecule has 0 saturated carbocycles. The number of alkyl halides is 3. The average Bonchev–Trinajstić information content (AvgIpc) is 3.30. The van der Waals surface area contributed by atoms with Crippen molar-refractivity contribution in [2.24, 2.45) is 0 Å². The maximum absolute atomic E-state index is 13.9. The van der Waals surface area contributed by atoms with Crippen molar-refractivity contribution in [1.29, 1.82) is 0 Å². The van der Waals surface area contributed by atoms with Crippen LogP contribution in [-0.4, -0.2) is 31.5 Å². The van der Waals surface area contributed by atoms with E-state index in [0.29, 0.717) is 50.6 Å². The molecule has 3 aromatic carbocycles. The number of hydrogen-bond donors (Lipinski definition) is 0. The zero-order valence-electron chi connectivity index (χ0n) is 24.0. The molecular formula is C33H32F3NO4S. The molecule has 4 aromatic rings. The second-order valence-corrected chi connectivity index (χ2v) is 13.0. The molecule has 0 fully saturated rings. The Hall–Kier alpha value is -4.11. The van der Waals surface area contributed by atoms with E-state index in [0.717, 1.165) is 9.54 Å². The highest BCUT2D eigenvalue weighted by molar-refractivity contribution is 7.90. The standard InChI is InChI=1S/C33H32F3NO4S/c1-21(2)26-17-24(32(4,5)6)18-28(31(26)41-20-33(34,35)36)29-19-37(42(39,40)25-10-8-7-9-11-25)30-13-12-23(16-27(29)30)22(3)14-15-38/h7-19H,1,20H2,2-6H3/b22-14+. The third-order valence-corrected chi connectivity index (χ3v) is 8.62. The van der Waals surface area contributed by atoms with E-state index in [1.54, 1.807) is 62.4 Å². The summed E-state index contributed by atoms with van der Waals surface area (Å²) in [6.45, 7) is 11.8. The van der Waals surface area contributed by atoms with Gasteiger partial charge in [0, 0.05) is 28.3 Å². The minimum absolute atomic E-state index is 0.0467. The molecule has 0 unspecified atom stereocenters. The fourth-order valence-corrected chi connectivity index (χ4v) is 6.04. The number of allylic oxidation sites excluding steroid dienone is 3. The number of aromatic nitrogens is 1. The fraction of sp³-hybridized carbons (Fsp3) is 0.242. The zero-order chi connectivity index (χ0) is 31.0. The van der Waals surface area contributed by atoms with Gasteiger partial charge < -0.3 is 4.74 Å². The number of carbonyl (C=O) groups excluding carboxylic acids is 1. The first-order valence-corrected chi connectivity index (χ1v) is 14.6. The molecule has 0 bridgehead atoms. The van der Waals surface area contributed by atoms with Crippen LogP contribution in [-0.2, 0) is 20.2 Å². The molecule has 220 valence electrons. The Morgan fingerprint density at radius 2 is 1.64 bits per heavy atom. The maximum atomic E-state index is 13.9. The first-order valence-electron chi connectivity index (χ1n) is 13.2. The maximum Gasteiger partial charge on any atom is 0.422 e. The van der Waals surface area contributed by atoms with Crippen molar-refractivity contribution in [3.8, 4) is 16.9 Å². The Labute approximate surface area is 244 Å². The summed E-state index contributed by atoms with van der Waals surface area (Å²) in [6.07, 6.45) is -1.16. The fourth-order valence-electron chi connectivity index (χ4n) is 4.65. The van der Waals surface area contributed by atoms with E-state index in [9.17, 15) is 26.4 Å². The smallest absolute Gasteiger partial charge is 0.422 e. The average molecular weight is 596 g/mol. The summed E-state index contributed by atoms with van der Waals surface area (Å²) in [7, 11) is -4.10. The third-order valence-electron chi connectivity index (χ3n) is 6.93. The molecule has 0 saturated heterocycles. The molecule has 0 amide bonds. The molecule has 0 aliphatic rings. The minimum atomic E-state index is -4.61. The van der Waals surface area contributed by atoms with E-state index in [-0.39, 0.29) is 10.6 Å². The number of nitrogens with zero attached hydrogens (tertiary/aromatic N) is 1. The molecule has 42 heavy (non-hydrogen) atoms. The minimum Gasteiger partial charge on any atom is -0.483 e. The number of rotatable bonds is 8. The van der Waals surface area contributed by atoms with Gasteiger partial charge in [-0.2, -0.15) is 13.2 Å².